The van der Waals surface area contributed by atoms with E-state index in [4.69, 9.17) is 4.74 Å². The van der Waals surface area contributed by atoms with Gasteiger partial charge in [0.1, 0.15) is 5.75 Å². The predicted octanol–water partition coefficient (Wildman–Crippen LogP) is 2.97. The van der Waals surface area contributed by atoms with Crippen molar-refractivity contribution < 1.29 is 14.3 Å². The van der Waals surface area contributed by atoms with Crippen LogP contribution in [0.1, 0.15) is 22.8 Å². The number of hydrogen-bond acceptors (Lipinski definition) is 3. The van der Waals surface area contributed by atoms with Crippen LogP contribution in [0.15, 0.2) is 48.5 Å². The number of carbonyl (C=O) groups excluding carboxylic acids is 2. The zero-order valence-corrected chi connectivity index (χ0v) is 14.2. The fourth-order valence-electron chi connectivity index (χ4n) is 2.27. The first kappa shape index (κ1) is 17.5. The molecule has 5 nitrogen and oxygen atoms in total. The van der Waals surface area contributed by atoms with Crippen molar-refractivity contribution in [1.82, 2.24) is 4.90 Å². The third-order valence-corrected chi connectivity index (χ3v) is 3.44. The molecule has 0 fully saturated rings. The molecule has 126 valence electrons. The van der Waals surface area contributed by atoms with Gasteiger partial charge in [0, 0.05) is 14.1 Å². The smallest absolute Gasteiger partial charge is 0.255 e. The highest BCUT2D eigenvalue weighted by atomic mass is 16.5. The minimum atomic E-state index is -0.168. The summed E-state index contributed by atoms with van der Waals surface area (Å²) in [6.07, 6.45) is 0.233. The van der Waals surface area contributed by atoms with E-state index in [0.717, 1.165) is 11.3 Å². The lowest BCUT2D eigenvalue weighted by Crippen LogP contribution is -2.24. The molecule has 0 unspecified atom stereocenters. The van der Waals surface area contributed by atoms with Gasteiger partial charge in [-0.05, 0) is 36.8 Å². The van der Waals surface area contributed by atoms with Gasteiger partial charge in [-0.3, -0.25) is 9.59 Å². The van der Waals surface area contributed by atoms with Crippen LogP contribution < -0.4 is 10.1 Å². The normalized spacial score (nSPS) is 10.1. The second-order valence-corrected chi connectivity index (χ2v) is 5.55. The number of hydrogen-bond donors (Lipinski definition) is 1. The van der Waals surface area contributed by atoms with E-state index in [9.17, 15) is 9.59 Å². The lowest BCUT2D eigenvalue weighted by atomic mass is 10.1. The number of amides is 2. The maximum atomic E-state index is 12.3. The number of ether oxygens (including phenoxy) is 1. The lowest BCUT2D eigenvalue weighted by Gasteiger charge is -2.14. The Morgan fingerprint density at radius 1 is 1.04 bits per heavy atom. The average Bonchev–Trinajstić information content (AvgIpc) is 2.56. The van der Waals surface area contributed by atoms with Crippen LogP contribution in [0.5, 0.6) is 5.75 Å². The van der Waals surface area contributed by atoms with Crippen LogP contribution in [0.25, 0.3) is 0 Å². The van der Waals surface area contributed by atoms with Gasteiger partial charge < -0.3 is 15.0 Å². The van der Waals surface area contributed by atoms with Crippen molar-refractivity contribution in [3.63, 3.8) is 0 Å². The van der Waals surface area contributed by atoms with Gasteiger partial charge in [0.15, 0.2) is 0 Å². The average molecular weight is 326 g/mol. The summed E-state index contributed by atoms with van der Waals surface area (Å²) in [5.74, 6) is 0.466. The topological polar surface area (TPSA) is 58.6 Å². The summed E-state index contributed by atoms with van der Waals surface area (Å²) in [7, 11) is 3.36. The first-order chi connectivity index (χ1) is 11.5. The maximum absolute atomic E-state index is 12.3. The number of nitrogens with one attached hydrogen (secondary N) is 1. The van der Waals surface area contributed by atoms with E-state index in [2.05, 4.69) is 5.32 Å². The summed E-state index contributed by atoms with van der Waals surface area (Å²) >= 11 is 0. The molecule has 0 heterocycles. The predicted molar refractivity (Wildman–Crippen MR) is 94.4 cm³/mol. The molecule has 0 aliphatic rings. The fraction of sp³-hybridized carbons (Fsp3) is 0.263. The summed E-state index contributed by atoms with van der Waals surface area (Å²) in [6, 6.07) is 14.4. The molecule has 2 rings (SSSR count). The maximum Gasteiger partial charge on any atom is 0.255 e. The second-order valence-electron chi connectivity index (χ2n) is 5.55. The van der Waals surface area contributed by atoms with Gasteiger partial charge >= 0.3 is 0 Å². The number of para-hydroxylation sites is 1. The molecule has 0 aromatic heterocycles. The van der Waals surface area contributed by atoms with E-state index in [-0.39, 0.29) is 18.2 Å². The minimum absolute atomic E-state index is 0.146. The van der Waals surface area contributed by atoms with Crippen molar-refractivity contribution in [1.29, 1.82) is 0 Å². The quantitative estimate of drug-likeness (QED) is 0.888. The van der Waals surface area contributed by atoms with Crippen LogP contribution in [0.3, 0.4) is 0 Å². The monoisotopic (exact) mass is 326 g/mol. The van der Waals surface area contributed by atoms with Gasteiger partial charge in [-0.2, -0.15) is 0 Å². The third kappa shape index (κ3) is 4.59. The van der Waals surface area contributed by atoms with Gasteiger partial charge in [0.25, 0.3) is 5.91 Å². The van der Waals surface area contributed by atoms with Gasteiger partial charge in [-0.15, -0.1) is 0 Å². The number of anilines is 1. The second kappa shape index (κ2) is 8.15. The molecule has 0 saturated heterocycles. The Bertz CT molecular complexity index is 709. The van der Waals surface area contributed by atoms with Crippen molar-refractivity contribution in [3.05, 3.63) is 59.7 Å². The molecule has 0 atom stereocenters. The Morgan fingerprint density at radius 3 is 2.33 bits per heavy atom. The Kier molecular flexibility index (Phi) is 5.95. The summed E-state index contributed by atoms with van der Waals surface area (Å²) < 4.78 is 5.38. The first-order valence-electron chi connectivity index (χ1n) is 7.83. The zero-order chi connectivity index (χ0) is 17.5. The molecule has 5 heteroatoms. The van der Waals surface area contributed by atoms with Crippen LogP contribution in [-0.2, 0) is 11.2 Å². The van der Waals surface area contributed by atoms with Gasteiger partial charge in [0.05, 0.1) is 24.3 Å². The van der Waals surface area contributed by atoms with Crippen molar-refractivity contribution in [2.45, 2.75) is 13.3 Å². The summed E-state index contributed by atoms with van der Waals surface area (Å²) in [6.45, 7) is 2.53. The summed E-state index contributed by atoms with van der Waals surface area (Å²) in [5, 5.41) is 2.82. The Balaban J connectivity index is 2.06. The Morgan fingerprint density at radius 2 is 1.71 bits per heavy atom. The molecule has 0 aliphatic heterocycles. The molecule has 0 radical (unpaired) electrons. The van der Waals surface area contributed by atoms with Crippen molar-refractivity contribution in [2.24, 2.45) is 0 Å². The number of benzene rings is 2. The van der Waals surface area contributed by atoms with E-state index in [0.29, 0.717) is 17.9 Å². The summed E-state index contributed by atoms with van der Waals surface area (Å²) in [4.78, 5) is 25.9. The van der Waals surface area contributed by atoms with Gasteiger partial charge in [-0.1, -0.05) is 24.3 Å². The van der Waals surface area contributed by atoms with Crippen LogP contribution in [0.4, 0.5) is 5.69 Å². The molecular formula is C19H22N2O3. The molecule has 2 amide bonds. The van der Waals surface area contributed by atoms with Crippen LogP contribution in [-0.4, -0.2) is 37.4 Å². The van der Waals surface area contributed by atoms with E-state index in [1.165, 1.54) is 4.90 Å². The Hall–Kier alpha value is -2.82. The van der Waals surface area contributed by atoms with Gasteiger partial charge in [0.2, 0.25) is 5.91 Å². The lowest BCUT2D eigenvalue weighted by molar-refractivity contribution is -0.115. The van der Waals surface area contributed by atoms with Crippen LogP contribution in [0, 0.1) is 0 Å². The van der Waals surface area contributed by atoms with Crippen molar-refractivity contribution >= 4 is 17.5 Å². The minimum Gasteiger partial charge on any atom is -0.494 e. The molecule has 0 aliphatic carbocycles. The van der Waals surface area contributed by atoms with E-state index in [1.807, 2.05) is 31.2 Å². The SMILES string of the molecule is CCOc1ccc(CC(=O)Nc2ccccc2C(=O)N(C)C)cc1. The Labute approximate surface area is 142 Å². The molecule has 0 bridgehead atoms. The molecule has 24 heavy (non-hydrogen) atoms. The van der Waals surface area contributed by atoms with Crippen molar-refractivity contribution in [3.8, 4) is 5.75 Å². The highest BCUT2D eigenvalue weighted by Gasteiger charge is 2.14. The molecular weight excluding hydrogens is 304 g/mol. The first-order valence-corrected chi connectivity index (χ1v) is 7.83. The zero-order valence-electron chi connectivity index (χ0n) is 14.2. The van der Waals surface area contributed by atoms with E-state index in [1.54, 1.807) is 38.4 Å². The van der Waals surface area contributed by atoms with Crippen LogP contribution in [0.2, 0.25) is 0 Å². The largest absolute Gasteiger partial charge is 0.494 e. The summed E-state index contributed by atoms with van der Waals surface area (Å²) in [5.41, 5.74) is 1.88. The fourth-order valence-corrected chi connectivity index (χ4v) is 2.27. The number of carbonyl (C=O) groups is 2. The molecule has 0 spiro atoms. The highest BCUT2D eigenvalue weighted by Crippen LogP contribution is 2.18. The van der Waals surface area contributed by atoms with E-state index < -0.39 is 0 Å². The molecule has 1 N–H and O–H groups in total. The van der Waals surface area contributed by atoms with Crippen molar-refractivity contribution in [2.75, 3.05) is 26.0 Å². The van der Waals surface area contributed by atoms with E-state index >= 15 is 0 Å². The van der Waals surface area contributed by atoms with Crippen LogP contribution >= 0.6 is 0 Å². The number of rotatable bonds is 6. The standard InChI is InChI=1S/C19H22N2O3/c1-4-24-15-11-9-14(10-12-15)13-18(22)20-17-8-6-5-7-16(17)19(23)21(2)3/h5-12H,4,13H2,1-3H3,(H,20,22). The molecule has 2 aromatic carbocycles. The number of nitrogens with zero attached hydrogens (tertiary/aromatic N) is 1. The van der Waals surface area contributed by atoms with Gasteiger partial charge in [-0.25, -0.2) is 0 Å². The third-order valence-electron chi connectivity index (χ3n) is 3.44. The molecule has 0 saturated carbocycles. The highest BCUT2D eigenvalue weighted by molar-refractivity contribution is 6.03. The molecule has 2 aromatic rings.